The molecule has 1 aliphatic heterocycles. The van der Waals surface area contributed by atoms with Gasteiger partial charge in [0.2, 0.25) is 15.8 Å². The lowest BCUT2D eigenvalue weighted by Gasteiger charge is -2.25. The zero-order valence-electron chi connectivity index (χ0n) is 20.1. The van der Waals surface area contributed by atoms with E-state index in [9.17, 15) is 18.0 Å². The Balaban J connectivity index is 1.32. The van der Waals surface area contributed by atoms with Crippen molar-refractivity contribution in [3.63, 3.8) is 0 Å². The van der Waals surface area contributed by atoms with E-state index in [4.69, 9.17) is 4.42 Å². The summed E-state index contributed by atoms with van der Waals surface area (Å²) < 4.78 is 33.1. The quantitative estimate of drug-likeness (QED) is 0.313. The fourth-order valence-electron chi connectivity index (χ4n) is 4.43. The van der Waals surface area contributed by atoms with E-state index in [1.165, 1.54) is 28.6 Å². The molecular weight excluding hydrogens is 490 g/mol. The molecule has 5 rings (SSSR count). The van der Waals surface area contributed by atoms with Crippen LogP contribution < -0.4 is 10.6 Å². The maximum atomic E-state index is 13.0. The number of ketones is 1. The number of sulfonamides is 1. The van der Waals surface area contributed by atoms with Crippen LogP contribution in [0.15, 0.2) is 88.2 Å². The number of hydrogen-bond donors (Lipinski definition) is 2. The van der Waals surface area contributed by atoms with Crippen molar-refractivity contribution in [2.24, 2.45) is 0 Å². The normalized spacial score (nSPS) is 14.4. The van der Waals surface area contributed by atoms with E-state index in [1.54, 1.807) is 24.3 Å². The Hall–Kier alpha value is -3.95. The van der Waals surface area contributed by atoms with Gasteiger partial charge in [-0.15, -0.1) is 0 Å². The summed E-state index contributed by atoms with van der Waals surface area (Å²) in [7, 11) is -3.57. The van der Waals surface area contributed by atoms with E-state index in [-0.39, 0.29) is 23.0 Å². The van der Waals surface area contributed by atoms with E-state index in [0.29, 0.717) is 41.0 Å². The number of nitrogens with one attached hydrogen (secondary N) is 2. The molecule has 8 nitrogen and oxygen atoms in total. The molecule has 4 aromatic rings. The number of para-hydroxylation sites is 2. The third-order valence-electron chi connectivity index (χ3n) is 6.39. The fraction of sp³-hybridized carbons (Fsp3) is 0.214. The zero-order valence-corrected chi connectivity index (χ0v) is 21.0. The van der Waals surface area contributed by atoms with Gasteiger partial charge in [-0.2, -0.15) is 4.31 Å². The average molecular weight is 518 g/mol. The minimum absolute atomic E-state index is 0.0702. The van der Waals surface area contributed by atoms with E-state index < -0.39 is 15.9 Å². The Labute approximate surface area is 215 Å². The maximum absolute atomic E-state index is 13.0. The Kier molecular flexibility index (Phi) is 7.07. The number of carbonyl (C=O) groups is 2. The summed E-state index contributed by atoms with van der Waals surface area (Å²) in [4.78, 5) is 26.1. The lowest BCUT2D eigenvalue weighted by atomic mass is 10.1. The average Bonchev–Trinajstić information content (AvgIpc) is 3.31. The van der Waals surface area contributed by atoms with E-state index in [2.05, 4.69) is 10.6 Å². The SMILES string of the molecule is O=C(CNc1c(C(=O)Nc2ccccc2)oc2ccccc12)c1ccc(S(=O)(=O)N2CCCCC2)cc1. The Morgan fingerprint density at radius 3 is 2.24 bits per heavy atom. The molecular formula is C28H27N3O5S. The van der Waals surface area contributed by atoms with Crippen LogP contribution in [0.4, 0.5) is 11.4 Å². The number of furan rings is 1. The van der Waals surface area contributed by atoms with Gasteiger partial charge in [0.1, 0.15) is 5.58 Å². The van der Waals surface area contributed by atoms with Crippen LogP contribution in [0.25, 0.3) is 11.0 Å². The van der Waals surface area contributed by atoms with E-state index >= 15 is 0 Å². The number of Topliss-reactive ketones (excluding diaryl/α,β-unsaturated/α-hetero) is 1. The van der Waals surface area contributed by atoms with Gasteiger partial charge in [0, 0.05) is 29.7 Å². The third-order valence-corrected chi connectivity index (χ3v) is 8.30. The number of fused-ring (bicyclic) bond motifs is 1. The van der Waals surface area contributed by atoms with E-state index in [1.807, 2.05) is 30.3 Å². The summed E-state index contributed by atoms with van der Waals surface area (Å²) in [6, 6.07) is 22.2. The Morgan fingerprint density at radius 2 is 1.51 bits per heavy atom. The molecule has 37 heavy (non-hydrogen) atoms. The highest BCUT2D eigenvalue weighted by Gasteiger charge is 2.26. The van der Waals surface area contributed by atoms with Gasteiger partial charge >= 0.3 is 0 Å². The Bertz CT molecular complexity index is 1520. The molecule has 2 heterocycles. The number of anilines is 2. The molecule has 0 bridgehead atoms. The van der Waals surface area contributed by atoms with Crippen LogP contribution in [0.5, 0.6) is 0 Å². The third kappa shape index (κ3) is 5.28. The molecule has 0 unspecified atom stereocenters. The van der Waals surface area contributed by atoms with Crippen molar-refractivity contribution < 1.29 is 22.4 Å². The molecule has 1 fully saturated rings. The minimum atomic E-state index is -3.57. The summed E-state index contributed by atoms with van der Waals surface area (Å²) in [6.45, 7) is 0.935. The number of rotatable bonds is 8. The van der Waals surface area contributed by atoms with Gasteiger partial charge < -0.3 is 15.1 Å². The van der Waals surface area contributed by atoms with Gasteiger partial charge in [0.25, 0.3) is 5.91 Å². The molecule has 190 valence electrons. The van der Waals surface area contributed by atoms with Gasteiger partial charge in [-0.25, -0.2) is 8.42 Å². The van der Waals surface area contributed by atoms with Crippen LogP contribution in [-0.4, -0.2) is 44.0 Å². The number of amides is 1. The maximum Gasteiger partial charge on any atom is 0.293 e. The number of hydrogen-bond acceptors (Lipinski definition) is 6. The minimum Gasteiger partial charge on any atom is -0.449 e. The molecule has 9 heteroatoms. The number of piperidine rings is 1. The van der Waals surface area contributed by atoms with Crippen LogP contribution in [0.1, 0.15) is 40.2 Å². The van der Waals surface area contributed by atoms with Crippen molar-refractivity contribution in [3.8, 4) is 0 Å². The molecule has 1 aliphatic rings. The molecule has 0 atom stereocenters. The first-order valence-corrected chi connectivity index (χ1v) is 13.6. The highest BCUT2D eigenvalue weighted by Crippen LogP contribution is 2.31. The summed E-state index contributed by atoms with van der Waals surface area (Å²) in [5, 5.41) is 6.55. The lowest BCUT2D eigenvalue weighted by Crippen LogP contribution is -2.35. The summed E-state index contributed by atoms with van der Waals surface area (Å²) in [5.41, 5.74) is 1.92. The van der Waals surface area contributed by atoms with Crippen molar-refractivity contribution in [1.29, 1.82) is 0 Å². The lowest BCUT2D eigenvalue weighted by molar-refractivity contribution is 0.0991. The highest BCUT2D eigenvalue weighted by atomic mass is 32.2. The molecule has 0 saturated carbocycles. The van der Waals surface area contributed by atoms with Gasteiger partial charge in [0.05, 0.1) is 17.1 Å². The Morgan fingerprint density at radius 1 is 0.838 bits per heavy atom. The van der Waals surface area contributed by atoms with Gasteiger partial charge in [0.15, 0.2) is 5.78 Å². The second kappa shape index (κ2) is 10.6. The second-order valence-corrected chi connectivity index (χ2v) is 10.8. The molecule has 3 aromatic carbocycles. The predicted molar refractivity (Wildman–Crippen MR) is 142 cm³/mol. The molecule has 0 aliphatic carbocycles. The smallest absolute Gasteiger partial charge is 0.293 e. The van der Waals surface area contributed by atoms with Gasteiger partial charge in [-0.3, -0.25) is 9.59 Å². The first kappa shape index (κ1) is 24.7. The zero-order chi connectivity index (χ0) is 25.8. The van der Waals surface area contributed by atoms with Crippen LogP contribution in [0, 0.1) is 0 Å². The molecule has 0 spiro atoms. The van der Waals surface area contributed by atoms with Crippen molar-refractivity contribution in [2.75, 3.05) is 30.3 Å². The van der Waals surface area contributed by atoms with Crippen molar-refractivity contribution >= 4 is 44.1 Å². The van der Waals surface area contributed by atoms with Crippen molar-refractivity contribution in [3.05, 3.63) is 90.2 Å². The fourth-order valence-corrected chi connectivity index (χ4v) is 5.95. The van der Waals surface area contributed by atoms with Crippen LogP contribution in [0.2, 0.25) is 0 Å². The summed E-state index contributed by atoms with van der Waals surface area (Å²) in [6.07, 6.45) is 2.75. The summed E-state index contributed by atoms with van der Waals surface area (Å²) >= 11 is 0. The second-order valence-electron chi connectivity index (χ2n) is 8.89. The largest absolute Gasteiger partial charge is 0.449 e. The van der Waals surface area contributed by atoms with Gasteiger partial charge in [-0.05, 0) is 61.4 Å². The molecule has 2 N–H and O–H groups in total. The molecule has 1 amide bonds. The van der Waals surface area contributed by atoms with Crippen LogP contribution in [0.3, 0.4) is 0 Å². The molecule has 1 saturated heterocycles. The van der Waals surface area contributed by atoms with Crippen molar-refractivity contribution in [2.45, 2.75) is 24.2 Å². The molecule has 0 radical (unpaired) electrons. The van der Waals surface area contributed by atoms with E-state index in [0.717, 1.165) is 19.3 Å². The first-order valence-electron chi connectivity index (χ1n) is 12.2. The number of carbonyl (C=O) groups excluding carboxylic acids is 2. The first-order chi connectivity index (χ1) is 17.9. The number of nitrogens with zero attached hydrogens (tertiary/aromatic N) is 1. The summed E-state index contributed by atoms with van der Waals surface area (Å²) in [5.74, 6) is -0.618. The monoisotopic (exact) mass is 517 g/mol. The highest BCUT2D eigenvalue weighted by molar-refractivity contribution is 7.89. The number of benzene rings is 3. The standard InChI is InChI=1S/C28H27N3O5S/c32-24(20-13-15-22(16-14-20)37(34,35)31-17-7-2-8-18-31)19-29-26-23-11-5-6-12-25(23)36-27(26)28(33)30-21-9-3-1-4-10-21/h1,3-6,9-16,29H,2,7-8,17-19H2,(H,30,33). The molecule has 1 aromatic heterocycles. The van der Waals surface area contributed by atoms with Crippen LogP contribution in [-0.2, 0) is 10.0 Å². The van der Waals surface area contributed by atoms with Gasteiger partial charge in [-0.1, -0.05) is 36.8 Å². The van der Waals surface area contributed by atoms with Crippen LogP contribution >= 0.6 is 0 Å². The van der Waals surface area contributed by atoms with Crippen molar-refractivity contribution in [1.82, 2.24) is 4.31 Å². The topological polar surface area (TPSA) is 109 Å². The predicted octanol–water partition coefficient (Wildman–Crippen LogP) is 5.15.